The molecule has 3 aliphatic carbocycles. The number of nitrogens with zero attached hydrogens (tertiary/aromatic N) is 1. The van der Waals surface area contributed by atoms with Crippen LogP contribution in [0.5, 0.6) is 0 Å². The minimum atomic E-state index is -0.0273. The van der Waals surface area contributed by atoms with Gasteiger partial charge in [-0.25, -0.2) is 0 Å². The predicted octanol–water partition coefficient (Wildman–Crippen LogP) is 4.99. The van der Waals surface area contributed by atoms with Gasteiger partial charge in [-0.1, -0.05) is 12.2 Å². The molecule has 1 atom stereocenters. The van der Waals surface area contributed by atoms with Crippen molar-refractivity contribution in [1.29, 1.82) is 0 Å². The Morgan fingerprint density at radius 1 is 1.12 bits per heavy atom. The van der Waals surface area contributed by atoms with Crippen LogP contribution in [0.1, 0.15) is 66.3 Å². The van der Waals surface area contributed by atoms with Gasteiger partial charge in [-0.2, -0.15) is 0 Å². The van der Waals surface area contributed by atoms with Gasteiger partial charge in [-0.05, 0) is 91.3 Å². The van der Waals surface area contributed by atoms with E-state index in [1.807, 2.05) is 12.1 Å². The first kappa shape index (κ1) is 21.7. The third-order valence-corrected chi connectivity index (χ3v) is 8.21. The summed E-state index contributed by atoms with van der Waals surface area (Å²) >= 11 is 7.33. The maximum atomic E-state index is 13.2. The number of rotatable bonds is 9. The lowest BCUT2D eigenvalue weighted by molar-refractivity contribution is -0.117. The summed E-state index contributed by atoms with van der Waals surface area (Å²) in [7, 11) is 0. The summed E-state index contributed by atoms with van der Waals surface area (Å²) in [5.74, 6) is 1.22. The molecule has 2 saturated carbocycles. The van der Waals surface area contributed by atoms with Gasteiger partial charge in [0.1, 0.15) is 5.00 Å². The van der Waals surface area contributed by atoms with E-state index >= 15 is 0 Å². The number of carbonyl (C=O) groups excluding carboxylic acids is 2. The summed E-state index contributed by atoms with van der Waals surface area (Å²) < 4.78 is 0. The number of nitrogens with one attached hydrogen (secondary N) is 2. The molecule has 3 aliphatic rings. The molecule has 0 unspecified atom stereocenters. The van der Waals surface area contributed by atoms with Crippen LogP contribution in [0.4, 0.5) is 5.00 Å². The Balaban J connectivity index is 0.00000259. The van der Waals surface area contributed by atoms with Crippen molar-refractivity contribution >= 4 is 45.2 Å². The molecule has 170 valence electrons. The molecule has 2 amide bonds. The zero-order valence-electron chi connectivity index (χ0n) is 18.2. The first-order valence-electron chi connectivity index (χ1n) is 11.7. The van der Waals surface area contributed by atoms with Gasteiger partial charge >= 0.3 is 0 Å². The molecule has 2 aromatic heterocycles. The average Bonchev–Trinajstić information content (AvgIpc) is 3.69. The maximum absolute atomic E-state index is 13.2. The van der Waals surface area contributed by atoms with Gasteiger partial charge in [-0.3, -0.25) is 14.6 Å². The number of amides is 2. The number of thiophene rings is 1. The highest BCUT2D eigenvalue weighted by Crippen LogP contribution is 2.42. The highest BCUT2D eigenvalue weighted by Gasteiger charge is 2.34. The van der Waals surface area contributed by atoms with E-state index < -0.39 is 0 Å². The quantitative estimate of drug-likeness (QED) is 0.508. The fourth-order valence-electron chi connectivity index (χ4n) is 4.49. The predicted molar refractivity (Wildman–Crippen MR) is 134 cm³/mol. The molecule has 7 heteroatoms. The number of thiocarbonyl (C=S) groups is 1. The number of hydrogen-bond donors (Lipinski definition) is 2. The fourth-order valence-corrected chi connectivity index (χ4v) is 6.13. The summed E-state index contributed by atoms with van der Waals surface area (Å²) in [5.41, 5.74) is 3.05. The van der Waals surface area contributed by atoms with Gasteiger partial charge < -0.3 is 10.6 Å². The number of carbonyl (C=O) groups is 2. The Bertz CT molecular complexity index is 1030. The summed E-state index contributed by atoms with van der Waals surface area (Å²) in [5, 5.41) is 6.97. The number of aryl methyl sites for hydroxylation is 1. The minimum Gasteiger partial charge on any atom is -0.352 e. The molecule has 2 aromatic rings. The second-order valence-electron chi connectivity index (χ2n) is 9.51. The van der Waals surface area contributed by atoms with Gasteiger partial charge in [0.05, 0.1) is 5.56 Å². The van der Waals surface area contributed by atoms with E-state index in [4.69, 9.17) is 12.2 Å². The largest absolute Gasteiger partial charge is 0.352 e. The second-order valence-corrected chi connectivity index (χ2v) is 11.2. The van der Waals surface area contributed by atoms with E-state index in [-0.39, 0.29) is 19.2 Å². The molecule has 5 nitrogen and oxygen atoms in total. The van der Waals surface area contributed by atoms with Crippen LogP contribution in [0.25, 0.3) is 0 Å². The number of hydrogen-bond acceptors (Lipinski definition) is 5. The van der Waals surface area contributed by atoms with Crippen molar-refractivity contribution in [3.8, 4) is 0 Å². The molecule has 32 heavy (non-hydrogen) atoms. The Kier molecular flexibility index (Phi) is 6.37. The topological polar surface area (TPSA) is 71.1 Å². The molecule has 0 radical (unpaired) electrons. The summed E-state index contributed by atoms with van der Waals surface area (Å²) in [6.45, 7) is 0.735. The van der Waals surface area contributed by atoms with E-state index in [1.165, 1.54) is 23.3 Å². The van der Waals surface area contributed by atoms with Gasteiger partial charge in [0, 0.05) is 37.6 Å². The van der Waals surface area contributed by atoms with Gasteiger partial charge in [0.25, 0.3) is 5.91 Å². The molecular formula is C25H31N3O2S2. The number of anilines is 1. The van der Waals surface area contributed by atoms with Crippen LogP contribution >= 0.6 is 23.6 Å². The standard InChI is InChI=1S/C25H29N3O2S2.H2/c29-23(18-4-5-18)28-25-22(24(30)27-14-16-1-2-16)20-13-17(3-6-21(20)32-25)12-19(31)11-15-7-9-26-10-8-15;/h7-10,16-18H,1-6,11-14H2,(H,27,30)(H,28,29);1H/t17-;/m1./s1. The van der Waals surface area contributed by atoms with Gasteiger partial charge in [0.2, 0.25) is 5.91 Å². The lowest BCUT2D eigenvalue weighted by Gasteiger charge is -2.23. The van der Waals surface area contributed by atoms with Crippen LogP contribution in [0.15, 0.2) is 24.5 Å². The maximum Gasteiger partial charge on any atom is 0.254 e. The van der Waals surface area contributed by atoms with Crippen molar-refractivity contribution in [2.45, 2.75) is 57.8 Å². The first-order chi connectivity index (χ1) is 15.6. The minimum absolute atomic E-state index is 0. The Morgan fingerprint density at radius 3 is 2.62 bits per heavy atom. The smallest absolute Gasteiger partial charge is 0.254 e. The zero-order valence-corrected chi connectivity index (χ0v) is 19.8. The summed E-state index contributed by atoms with van der Waals surface area (Å²) in [6, 6.07) is 4.03. The molecule has 2 heterocycles. The summed E-state index contributed by atoms with van der Waals surface area (Å²) in [4.78, 5) is 32.0. The monoisotopic (exact) mass is 469 g/mol. The molecule has 0 bridgehead atoms. The van der Waals surface area contributed by atoms with E-state index in [0.29, 0.717) is 17.4 Å². The first-order valence-corrected chi connectivity index (χ1v) is 12.9. The molecular weight excluding hydrogens is 438 g/mol. The van der Waals surface area contributed by atoms with Gasteiger partial charge in [-0.15, -0.1) is 11.3 Å². The third kappa shape index (κ3) is 5.26. The average molecular weight is 470 g/mol. The highest BCUT2D eigenvalue weighted by atomic mass is 32.1. The Morgan fingerprint density at radius 2 is 1.91 bits per heavy atom. The molecule has 0 aromatic carbocycles. The normalized spacial score (nSPS) is 19.8. The SMILES string of the molecule is O=C(NCC1CC1)c1c(NC(=O)C2CC2)sc2c1C[C@@H](CC(=S)Cc1ccncc1)CC2.[HH]. The van der Waals surface area contributed by atoms with Crippen molar-refractivity contribution in [1.82, 2.24) is 10.3 Å². The van der Waals surface area contributed by atoms with Crippen LogP contribution < -0.4 is 10.6 Å². The second kappa shape index (κ2) is 9.40. The van der Waals surface area contributed by atoms with Crippen LogP contribution in [0.3, 0.4) is 0 Å². The Hall–Kier alpha value is -2.12. The van der Waals surface area contributed by atoms with Crippen molar-refractivity contribution in [2.24, 2.45) is 17.8 Å². The molecule has 0 spiro atoms. The summed E-state index contributed by atoms with van der Waals surface area (Å²) in [6.07, 6.45) is 12.5. The number of aromatic nitrogens is 1. The molecule has 5 rings (SSSR count). The lowest BCUT2D eigenvalue weighted by Crippen LogP contribution is -2.28. The highest BCUT2D eigenvalue weighted by molar-refractivity contribution is 7.80. The van der Waals surface area contributed by atoms with E-state index in [0.717, 1.165) is 66.9 Å². The molecule has 0 saturated heterocycles. The fraction of sp³-hybridized carbons (Fsp3) is 0.520. The van der Waals surface area contributed by atoms with E-state index in [9.17, 15) is 9.59 Å². The van der Waals surface area contributed by atoms with Crippen LogP contribution in [-0.2, 0) is 24.1 Å². The van der Waals surface area contributed by atoms with Crippen LogP contribution in [0, 0.1) is 17.8 Å². The van der Waals surface area contributed by atoms with Gasteiger partial charge in [0.15, 0.2) is 0 Å². The van der Waals surface area contributed by atoms with E-state index in [1.54, 1.807) is 23.7 Å². The molecule has 2 fully saturated rings. The van der Waals surface area contributed by atoms with Crippen molar-refractivity contribution in [3.05, 3.63) is 46.1 Å². The number of fused-ring (bicyclic) bond motifs is 1. The molecule has 0 aliphatic heterocycles. The van der Waals surface area contributed by atoms with E-state index in [2.05, 4.69) is 15.6 Å². The Labute approximate surface area is 199 Å². The molecule has 2 N–H and O–H groups in total. The van der Waals surface area contributed by atoms with Crippen molar-refractivity contribution in [2.75, 3.05) is 11.9 Å². The van der Waals surface area contributed by atoms with Crippen molar-refractivity contribution in [3.63, 3.8) is 0 Å². The van der Waals surface area contributed by atoms with Crippen LogP contribution in [0.2, 0.25) is 0 Å². The lowest BCUT2D eigenvalue weighted by atomic mass is 9.83. The zero-order chi connectivity index (χ0) is 22.1. The van der Waals surface area contributed by atoms with Crippen LogP contribution in [-0.4, -0.2) is 28.2 Å². The number of pyridine rings is 1. The third-order valence-electron chi connectivity index (χ3n) is 6.69. The van der Waals surface area contributed by atoms with Crippen molar-refractivity contribution < 1.29 is 11.0 Å².